The molecule has 1 fully saturated rings. The highest BCUT2D eigenvalue weighted by molar-refractivity contribution is 6.24. The number of allylic oxidation sites excluding steroid dienone is 3. The Bertz CT molecular complexity index is 3280. The van der Waals surface area contributed by atoms with Gasteiger partial charge < -0.3 is 9.13 Å². The Labute approximate surface area is 369 Å². The van der Waals surface area contributed by atoms with Gasteiger partial charge in [-0.3, -0.25) is 4.99 Å². The Morgan fingerprint density at radius 2 is 1.13 bits per heavy atom. The summed E-state index contributed by atoms with van der Waals surface area (Å²) in [6.45, 7) is 11.1. The normalized spacial score (nSPS) is 14.4. The van der Waals surface area contributed by atoms with Crippen LogP contribution in [0.5, 0.6) is 0 Å². The average Bonchev–Trinajstić information content (AvgIpc) is 3.84. The summed E-state index contributed by atoms with van der Waals surface area (Å²) in [5.74, 6) is 1.79. The number of hydrogen-bond donors (Lipinski definition) is 0. The highest BCUT2D eigenvalue weighted by atomic mass is 15.0. The molecule has 0 amide bonds. The molecule has 63 heavy (non-hydrogen) atoms. The van der Waals surface area contributed by atoms with Crippen LogP contribution in [0.1, 0.15) is 74.6 Å². The Balaban J connectivity index is 1.11. The van der Waals surface area contributed by atoms with E-state index in [9.17, 15) is 0 Å². The molecule has 1 saturated carbocycles. The molecule has 0 spiro atoms. The molecule has 5 nitrogen and oxygen atoms in total. The second-order valence-corrected chi connectivity index (χ2v) is 16.8. The minimum atomic E-state index is 0.487. The maximum absolute atomic E-state index is 5.27. The molecule has 308 valence electrons. The van der Waals surface area contributed by atoms with Gasteiger partial charge in [-0.25, -0.2) is 9.98 Å². The number of aromatic nitrogens is 2. The molecule has 2 heterocycles. The topological polar surface area (TPSA) is 46.9 Å². The molecule has 1 aliphatic rings. The number of fused-ring (bicyclic) bond motifs is 7. The number of para-hydroxylation sites is 3. The van der Waals surface area contributed by atoms with Crippen LogP contribution >= 0.6 is 0 Å². The van der Waals surface area contributed by atoms with Crippen molar-refractivity contribution >= 4 is 67.6 Å². The Morgan fingerprint density at radius 3 is 1.71 bits per heavy atom. The van der Waals surface area contributed by atoms with E-state index in [0.29, 0.717) is 24.1 Å². The van der Waals surface area contributed by atoms with E-state index >= 15 is 0 Å². The van der Waals surface area contributed by atoms with Gasteiger partial charge in [0.05, 0.1) is 28.6 Å². The molecule has 0 atom stereocenters. The van der Waals surface area contributed by atoms with E-state index < -0.39 is 0 Å². The molecule has 10 rings (SSSR count). The van der Waals surface area contributed by atoms with Gasteiger partial charge in [0.25, 0.3) is 0 Å². The lowest BCUT2D eigenvalue weighted by Crippen LogP contribution is -2.11. The maximum Gasteiger partial charge on any atom is 0.161 e. The van der Waals surface area contributed by atoms with Crippen LogP contribution in [0.4, 0.5) is 0 Å². The van der Waals surface area contributed by atoms with Gasteiger partial charge in [-0.15, -0.1) is 0 Å². The lowest BCUT2D eigenvalue weighted by atomic mass is 9.76. The third kappa shape index (κ3) is 7.34. The molecule has 0 saturated heterocycles. The second-order valence-electron chi connectivity index (χ2n) is 16.8. The molecule has 0 N–H and O–H groups in total. The summed E-state index contributed by atoms with van der Waals surface area (Å²) in [5.41, 5.74) is 15.4. The number of aliphatic imine (C=N–C) groups is 3. The van der Waals surface area contributed by atoms with Gasteiger partial charge in [0.1, 0.15) is 0 Å². The van der Waals surface area contributed by atoms with Gasteiger partial charge in [0.2, 0.25) is 0 Å². The lowest BCUT2D eigenvalue weighted by Gasteiger charge is -2.28. The van der Waals surface area contributed by atoms with Crippen molar-refractivity contribution in [1.29, 1.82) is 0 Å². The van der Waals surface area contributed by atoms with E-state index in [0.717, 1.165) is 34.4 Å². The molecule has 5 heteroatoms. The van der Waals surface area contributed by atoms with Gasteiger partial charge >= 0.3 is 0 Å². The van der Waals surface area contributed by atoms with Gasteiger partial charge in [-0.05, 0) is 111 Å². The molecule has 0 bridgehead atoms. The fourth-order valence-corrected chi connectivity index (χ4v) is 9.37. The first-order chi connectivity index (χ1) is 31.0. The van der Waals surface area contributed by atoms with Crippen LogP contribution in [0.25, 0.3) is 60.6 Å². The standard InChI is InChI=1S/C58H51N5/c1-5-40(3)52(47-26-13-12-25-46(47)41-21-18-22-41)37-39(2)38-60-58(61-57(59-4)42-19-8-6-9-20-42)43-31-33-45(34-32-43)63-54-30-17-15-28-49(54)51-36-35-50-48-27-14-16-29-53(48)62(55(50)56(51)63)44-23-10-7-11-24-44/h6-17,19-20,23-37,41H,4-5,18,21-22,38H2,1-3H3/b39-37+,52-40+,60-58?,61-57?. The molecule has 9 aromatic rings. The molecule has 0 unspecified atom stereocenters. The van der Waals surface area contributed by atoms with Crippen molar-refractivity contribution < 1.29 is 0 Å². The first-order valence-corrected chi connectivity index (χ1v) is 22.3. The fourth-order valence-electron chi connectivity index (χ4n) is 9.37. The molecule has 7 aromatic carbocycles. The van der Waals surface area contributed by atoms with E-state index in [4.69, 9.17) is 9.98 Å². The van der Waals surface area contributed by atoms with Gasteiger partial charge in [0.15, 0.2) is 11.7 Å². The fraction of sp³-hybridized carbons (Fsp3) is 0.155. The van der Waals surface area contributed by atoms with Crippen LogP contribution in [0, 0.1) is 0 Å². The zero-order valence-electron chi connectivity index (χ0n) is 36.3. The van der Waals surface area contributed by atoms with Crippen LogP contribution in [-0.2, 0) is 0 Å². The van der Waals surface area contributed by atoms with Crippen molar-refractivity contribution in [2.24, 2.45) is 15.0 Å². The van der Waals surface area contributed by atoms with E-state index in [2.05, 4.69) is 187 Å². The van der Waals surface area contributed by atoms with E-state index in [1.807, 2.05) is 30.3 Å². The first-order valence-electron chi connectivity index (χ1n) is 22.3. The molecular formula is C58H51N5. The number of rotatable bonds is 10. The first kappa shape index (κ1) is 39.7. The number of benzene rings is 7. The minimum Gasteiger partial charge on any atom is -0.307 e. The molecule has 0 radical (unpaired) electrons. The Kier molecular flexibility index (Phi) is 10.8. The van der Waals surface area contributed by atoms with Gasteiger partial charge in [-0.2, -0.15) is 0 Å². The molecule has 0 aliphatic heterocycles. The summed E-state index contributed by atoms with van der Waals surface area (Å²) >= 11 is 0. The number of hydrogen-bond acceptors (Lipinski definition) is 1. The van der Waals surface area contributed by atoms with Gasteiger partial charge in [-0.1, -0.05) is 152 Å². The summed E-state index contributed by atoms with van der Waals surface area (Å²) in [7, 11) is 0. The zero-order valence-corrected chi connectivity index (χ0v) is 36.3. The second kappa shape index (κ2) is 17.2. The van der Waals surface area contributed by atoms with Crippen molar-refractivity contribution in [2.45, 2.75) is 52.4 Å². The largest absolute Gasteiger partial charge is 0.307 e. The average molecular weight is 818 g/mol. The van der Waals surface area contributed by atoms with Crippen LogP contribution < -0.4 is 0 Å². The Hall–Kier alpha value is -7.37. The summed E-state index contributed by atoms with van der Waals surface area (Å²) in [6.07, 6.45) is 7.18. The van der Waals surface area contributed by atoms with Crippen LogP contribution in [-0.4, -0.2) is 34.1 Å². The van der Waals surface area contributed by atoms with Crippen molar-refractivity contribution in [2.75, 3.05) is 6.54 Å². The van der Waals surface area contributed by atoms with E-state index in [-0.39, 0.29) is 0 Å². The van der Waals surface area contributed by atoms with E-state index in [1.54, 1.807) is 0 Å². The molecule has 1 aliphatic carbocycles. The van der Waals surface area contributed by atoms with Crippen LogP contribution in [0.3, 0.4) is 0 Å². The minimum absolute atomic E-state index is 0.487. The van der Waals surface area contributed by atoms with Crippen molar-refractivity contribution in [3.63, 3.8) is 0 Å². The Morgan fingerprint density at radius 1 is 0.587 bits per heavy atom. The van der Waals surface area contributed by atoms with Crippen LogP contribution in [0.2, 0.25) is 0 Å². The highest BCUT2D eigenvalue weighted by Gasteiger charge is 2.24. The predicted molar refractivity (Wildman–Crippen MR) is 269 cm³/mol. The highest BCUT2D eigenvalue weighted by Crippen LogP contribution is 2.43. The summed E-state index contributed by atoms with van der Waals surface area (Å²) in [4.78, 5) is 14.8. The van der Waals surface area contributed by atoms with Gasteiger partial charge in [0, 0.05) is 44.0 Å². The third-order valence-electron chi connectivity index (χ3n) is 12.9. The van der Waals surface area contributed by atoms with Crippen molar-refractivity contribution in [3.05, 3.63) is 209 Å². The summed E-state index contributed by atoms with van der Waals surface area (Å²) in [5, 5.41) is 4.87. The monoisotopic (exact) mass is 817 g/mol. The third-order valence-corrected chi connectivity index (χ3v) is 12.9. The summed E-state index contributed by atoms with van der Waals surface area (Å²) < 4.78 is 4.85. The number of amidine groups is 2. The lowest BCUT2D eigenvalue weighted by molar-refractivity contribution is 0.419. The predicted octanol–water partition coefficient (Wildman–Crippen LogP) is 14.9. The van der Waals surface area contributed by atoms with Crippen molar-refractivity contribution in [3.8, 4) is 11.4 Å². The number of nitrogens with zero attached hydrogens (tertiary/aromatic N) is 5. The summed E-state index contributed by atoms with van der Waals surface area (Å²) in [6, 6.07) is 60.5. The zero-order chi connectivity index (χ0) is 42.9. The quantitative estimate of drug-likeness (QED) is 0.0750. The molecular weight excluding hydrogens is 767 g/mol. The van der Waals surface area contributed by atoms with Crippen LogP contribution in [0.15, 0.2) is 202 Å². The molecule has 2 aromatic heterocycles. The SMILES string of the molecule is C=NC(=NC(=NC/C(C)=C/C(=C(/C)CC)c1ccccc1C1CCC1)c1ccc(-n2c3ccccc3c3ccc4c5ccccc5n(-c5ccccc5)c4c32)cc1)c1ccccc1. The van der Waals surface area contributed by atoms with Crippen molar-refractivity contribution in [1.82, 2.24) is 9.13 Å². The smallest absolute Gasteiger partial charge is 0.161 e. The maximum atomic E-state index is 5.27. The van der Waals surface area contributed by atoms with E-state index in [1.165, 1.54) is 85.2 Å².